The molecule has 140 valence electrons. The van der Waals surface area contributed by atoms with Crippen molar-refractivity contribution in [2.45, 2.75) is 18.9 Å². The van der Waals surface area contributed by atoms with Crippen LogP contribution >= 0.6 is 12.4 Å². The molecule has 25 heavy (non-hydrogen) atoms. The van der Waals surface area contributed by atoms with Gasteiger partial charge in [0.15, 0.2) is 0 Å². The second kappa shape index (κ2) is 8.74. The van der Waals surface area contributed by atoms with E-state index >= 15 is 0 Å². The van der Waals surface area contributed by atoms with Crippen LogP contribution in [0, 0.1) is 5.92 Å². The normalized spacial score (nSPS) is 19.1. The van der Waals surface area contributed by atoms with Crippen molar-refractivity contribution < 1.29 is 19.4 Å². The second-order valence-corrected chi connectivity index (χ2v) is 6.60. The lowest BCUT2D eigenvalue weighted by atomic mass is 10.1. The number of hydrogen-bond acceptors (Lipinski definition) is 5. The molecule has 1 heterocycles. The van der Waals surface area contributed by atoms with E-state index in [2.05, 4.69) is 4.90 Å². The number of piperazine rings is 1. The molecule has 0 radical (unpaired) electrons. The van der Waals surface area contributed by atoms with Gasteiger partial charge in [-0.3, -0.25) is 9.69 Å². The first-order valence-corrected chi connectivity index (χ1v) is 8.53. The molecular weight excluding hydrogens is 344 g/mol. The molecular formula is C18H27ClN2O4. The molecule has 1 saturated carbocycles. The van der Waals surface area contributed by atoms with Crippen LogP contribution in [0.25, 0.3) is 0 Å². The van der Waals surface area contributed by atoms with E-state index in [-0.39, 0.29) is 24.4 Å². The number of hydrogen-bond donors (Lipinski definition) is 1. The quantitative estimate of drug-likeness (QED) is 0.825. The first-order chi connectivity index (χ1) is 11.6. The Morgan fingerprint density at radius 3 is 2.16 bits per heavy atom. The number of aliphatic hydroxyl groups excluding tert-OH is 1. The summed E-state index contributed by atoms with van der Waals surface area (Å²) in [5.41, 5.74) is 0.581. The molecule has 2 fully saturated rings. The molecule has 1 atom stereocenters. The van der Waals surface area contributed by atoms with Gasteiger partial charge in [-0.1, -0.05) is 0 Å². The van der Waals surface area contributed by atoms with Gasteiger partial charge in [0.05, 0.1) is 20.3 Å². The second-order valence-electron chi connectivity index (χ2n) is 6.60. The fourth-order valence-corrected chi connectivity index (χ4v) is 3.14. The molecule has 1 saturated heterocycles. The summed E-state index contributed by atoms with van der Waals surface area (Å²) in [6.45, 7) is 3.68. The van der Waals surface area contributed by atoms with E-state index in [1.54, 1.807) is 32.4 Å². The van der Waals surface area contributed by atoms with Gasteiger partial charge in [0.1, 0.15) is 11.5 Å². The van der Waals surface area contributed by atoms with E-state index in [1.165, 1.54) is 0 Å². The van der Waals surface area contributed by atoms with E-state index < -0.39 is 0 Å². The van der Waals surface area contributed by atoms with Gasteiger partial charge in [0.2, 0.25) is 0 Å². The Morgan fingerprint density at radius 1 is 1.12 bits per heavy atom. The van der Waals surface area contributed by atoms with Gasteiger partial charge < -0.3 is 19.5 Å². The minimum atomic E-state index is -0.213. The third-order valence-electron chi connectivity index (χ3n) is 4.87. The van der Waals surface area contributed by atoms with Crippen LogP contribution in [0.4, 0.5) is 0 Å². The molecule has 3 rings (SSSR count). The highest BCUT2D eigenvalue weighted by molar-refractivity contribution is 5.95. The fourth-order valence-electron chi connectivity index (χ4n) is 3.14. The minimum Gasteiger partial charge on any atom is -0.497 e. The van der Waals surface area contributed by atoms with Gasteiger partial charge in [-0.15, -0.1) is 12.4 Å². The Labute approximate surface area is 155 Å². The third-order valence-corrected chi connectivity index (χ3v) is 4.87. The van der Waals surface area contributed by atoms with E-state index in [0.29, 0.717) is 36.1 Å². The maximum Gasteiger partial charge on any atom is 0.254 e. The largest absolute Gasteiger partial charge is 0.497 e. The number of rotatable bonds is 6. The van der Waals surface area contributed by atoms with Gasteiger partial charge >= 0.3 is 0 Å². The Bertz CT molecular complexity index is 564. The smallest absolute Gasteiger partial charge is 0.254 e. The molecule has 2 aliphatic rings. The fraction of sp³-hybridized carbons (Fsp3) is 0.611. The molecule has 1 aromatic rings. The van der Waals surface area contributed by atoms with Crippen LogP contribution in [0.5, 0.6) is 11.5 Å². The van der Waals surface area contributed by atoms with Crippen molar-refractivity contribution in [3.63, 3.8) is 0 Å². The Hall–Kier alpha value is -1.50. The highest BCUT2D eigenvalue weighted by Crippen LogP contribution is 2.33. The Kier molecular flexibility index (Phi) is 6.93. The van der Waals surface area contributed by atoms with Crippen molar-refractivity contribution in [2.24, 2.45) is 5.92 Å². The van der Waals surface area contributed by atoms with E-state index in [9.17, 15) is 9.90 Å². The summed E-state index contributed by atoms with van der Waals surface area (Å²) in [6.07, 6.45) is 2.09. The number of ether oxygens (including phenoxy) is 2. The summed E-state index contributed by atoms with van der Waals surface area (Å²) in [5, 5.41) is 10.1. The number of aliphatic hydroxyl groups is 1. The topological polar surface area (TPSA) is 62.2 Å². The Morgan fingerprint density at radius 2 is 1.68 bits per heavy atom. The van der Waals surface area contributed by atoms with Gasteiger partial charge in [0.25, 0.3) is 5.91 Å². The molecule has 6 nitrogen and oxygen atoms in total. The zero-order chi connectivity index (χ0) is 17.1. The predicted octanol–water partition coefficient (Wildman–Crippen LogP) is 1.65. The number of amides is 1. The molecule has 0 spiro atoms. The first kappa shape index (κ1) is 19.8. The average Bonchev–Trinajstić information content (AvgIpc) is 3.46. The summed E-state index contributed by atoms with van der Waals surface area (Å²) >= 11 is 0. The van der Waals surface area contributed by atoms with Crippen molar-refractivity contribution in [3.8, 4) is 11.5 Å². The predicted molar refractivity (Wildman–Crippen MR) is 97.9 cm³/mol. The molecule has 1 amide bonds. The third kappa shape index (κ3) is 5.00. The molecule has 1 N–H and O–H groups in total. The number of β-amino-alcohol motifs (C(OH)–C–C–N with tert-alkyl or cyclic N) is 1. The van der Waals surface area contributed by atoms with Crippen molar-refractivity contribution in [1.82, 2.24) is 9.80 Å². The van der Waals surface area contributed by atoms with Gasteiger partial charge in [-0.25, -0.2) is 0 Å². The van der Waals surface area contributed by atoms with Crippen molar-refractivity contribution >= 4 is 18.3 Å². The van der Waals surface area contributed by atoms with E-state index in [4.69, 9.17) is 9.47 Å². The molecule has 1 aromatic carbocycles. The summed E-state index contributed by atoms with van der Waals surface area (Å²) in [6, 6.07) is 5.25. The SMILES string of the molecule is COc1cc(OC)cc(C(=O)N2CCN(CC(O)C3CC3)CC2)c1.Cl. The van der Waals surface area contributed by atoms with Crippen LogP contribution in [-0.2, 0) is 0 Å². The lowest BCUT2D eigenvalue weighted by Crippen LogP contribution is -2.50. The zero-order valence-electron chi connectivity index (χ0n) is 14.8. The van der Waals surface area contributed by atoms with Gasteiger partial charge in [-0.2, -0.15) is 0 Å². The lowest BCUT2D eigenvalue weighted by Gasteiger charge is -2.35. The van der Waals surface area contributed by atoms with E-state index in [0.717, 1.165) is 32.5 Å². The van der Waals surface area contributed by atoms with Crippen molar-refractivity contribution in [2.75, 3.05) is 46.9 Å². The van der Waals surface area contributed by atoms with Crippen LogP contribution in [0.1, 0.15) is 23.2 Å². The monoisotopic (exact) mass is 370 g/mol. The number of methoxy groups -OCH3 is 2. The lowest BCUT2D eigenvalue weighted by molar-refractivity contribution is 0.0488. The van der Waals surface area contributed by atoms with Gasteiger partial charge in [-0.05, 0) is 30.9 Å². The highest BCUT2D eigenvalue weighted by atomic mass is 35.5. The Balaban J connectivity index is 0.00000225. The van der Waals surface area contributed by atoms with E-state index in [1.807, 2.05) is 4.90 Å². The number of carbonyl (C=O) groups is 1. The molecule has 7 heteroatoms. The number of benzene rings is 1. The number of nitrogens with zero attached hydrogens (tertiary/aromatic N) is 2. The number of halogens is 1. The van der Waals surface area contributed by atoms with Gasteiger partial charge in [0, 0.05) is 44.4 Å². The van der Waals surface area contributed by atoms with Crippen LogP contribution in [0.2, 0.25) is 0 Å². The van der Waals surface area contributed by atoms with Crippen LogP contribution in [-0.4, -0.2) is 73.9 Å². The maximum absolute atomic E-state index is 12.7. The number of carbonyl (C=O) groups excluding carboxylic acids is 1. The van der Waals surface area contributed by atoms with Crippen molar-refractivity contribution in [1.29, 1.82) is 0 Å². The summed E-state index contributed by atoms with van der Waals surface area (Å²) in [5.74, 6) is 1.72. The maximum atomic E-state index is 12.7. The van der Waals surface area contributed by atoms with Crippen LogP contribution in [0.15, 0.2) is 18.2 Å². The summed E-state index contributed by atoms with van der Waals surface area (Å²) in [7, 11) is 3.15. The zero-order valence-corrected chi connectivity index (χ0v) is 15.6. The van der Waals surface area contributed by atoms with Crippen LogP contribution in [0.3, 0.4) is 0 Å². The highest BCUT2D eigenvalue weighted by Gasteiger charge is 2.32. The molecule has 1 unspecified atom stereocenters. The standard InChI is InChI=1S/C18H26N2O4.ClH/c1-23-15-9-14(10-16(11-15)24-2)18(22)20-7-5-19(6-8-20)12-17(21)13-3-4-13;/h9-11,13,17,21H,3-8,12H2,1-2H3;1H. The van der Waals surface area contributed by atoms with Crippen LogP contribution < -0.4 is 9.47 Å². The average molecular weight is 371 g/mol. The molecule has 0 aromatic heterocycles. The minimum absolute atomic E-state index is 0. The summed E-state index contributed by atoms with van der Waals surface area (Å²) in [4.78, 5) is 16.8. The molecule has 0 bridgehead atoms. The first-order valence-electron chi connectivity index (χ1n) is 8.53. The summed E-state index contributed by atoms with van der Waals surface area (Å²) < 4.78 is 10.5. The van der Waals surface area contributed by atoms with Crippen molar-refractivity contribution in [3.05, 3.63) is 23.8 Å². The molecule has 1 aliphatic carbocycles. The molecule has 1 aliphatic heterocycles.